The van der Waals surface area contributed by atoms with Gasteiger partial charge in [0.1, 0.15) is 10.3 Å². The van der Waals surface area contributed by atoms with E-state index in [1.54, 1.807) is 0 Å². The standard InChI is InChI=1S/C7H3Cl4NO/c1-2(13)3-4(8)6(10)12-7(11)5(3)9/h1H3. The van der Waals surface area contributed by atoms with E-state index in [2.05, 4.69) is 4.98 Å². The SMILES string of the molecule is CC(=O)c1c(Cl)c(Cl)nc(Cl)c1Cl. The first-order chi connectivity index (χ1) is 5.95. The number of carbonyl (C=O) groups is 1. The van der Waals surface area contributed by atoms with E-state index in [0.29, 0.717) is 0 Å². The lowest BCUT2D eigenvalue weighted by Crippen LogP contribution is -1.98. The van der Waals surface area contributed by atoms with Crippen LogP contribution < -0.4 is 0 Å². The smallest absolute Gasteiger partial charge is 0.163 e. The summed E-state index contributed by atoms with van der Waals surface area (Å²) in [5.41, 5.74) is 0.105. The third-order valence-electron chi connectivity index (χ3n) is 1.35. The van der Waals surface area contributed by atoms with Crippen molar-refractivity contribution in [3.63, 3.8) is 0 Å². The Kier molecular flexibility index (Phi) is 3.41. The Morgan fingerprint density at radius 1 is 1.08 bits per heavy atom. The fraction of sp³-hybridized carbons (Fsp3) is 0.143. The molecule has 0 amide bonds. The Hall–Kier alpha value is -0.0200. The van der Waals surface area contributed by atoms with E-state index in [9.17, 15) is 4.79 Å². The normalized spacial score (nSPS) is 10.2. The summed E-state index contributed by atoms with van der Waals surface area (Å²) in [6.07, 6.45) is 0. The van der Waals surface area contributed by atoms with Crippen molar-refractivity contribution < 1.29 is 4.79 Å². The van der Waals surface area contributed by atoms with Crippen molar-refractivity contribution in [2.24, 2.45) is 0 Å². The van der Waals surface area contributed by atoms with Crippen LogP contribution in [0.4, 0.5) is 0 Å². The summed E-state index contributed by atoms with van der Waals surface area (Å²) >= 11 is 22.6. The molecule has 0 radical (unpaired) electrons. The third-order valence-corrected chi connectivity index (χ3v) is 2.83. The van der Waals surface area contributed by atoms with Gasteiger partial charge in [-0.1, -0.05) is 46.4 Å². The van der Waals surface area contributed by atoms with Gasteiger partial charge in [-0.15, -0.1) is 0 Å². The minimum atomic E-state index is -0.304. The van der Waals surface area contributed by atoms with Crippen molar-refractivity contribution >= 4 is 52.2 Å². The van der Waals surface area contributed by atoms with Crippen LogP contribution in [0.15, 0.2) is 0 Å². The minimum Gasteiger partial charge on any atom is -0.294 e. The molecule has 0 saturated carbocycles. The van der Waals surface area contributed by atoms with E-state index in [1.807, 2.05) is 0 Å². The first-order valence-corrected chi connectivity index (χ1v) is 4.67. The van der Waals surface area contributed by atoms with Crippen LogP contribution in [0.5, 0.6) is 0 Å². The van der Waals surface area contributed by atoms with Crippen molar-refractivity contribution in [1.29, 1.82) is 0 Å². The molecule has 0 aliphatic carbocycles. The monoisotopic (exact) mass is 257 g/mol. The number of aromatic nitrogens is 1. The largest absolute Gasteiger partial charge is 0.294 e. The molecule has 0 saturated heterocycles. The van der Waals surface area contributed by atoms with Gasteiger partial charge in [-0.3, -0.25) is 4.79 Å². The average molecular weight is 259 g/mol. The Morgan fingerprint density at radius 3 is 1.77 bits per heavy atom. The van der Waals surface area contributed by atoms with E-state index in [4.69, 9.17) is 46.4 Å². The minimum absolute atomic E-state index is 0.0266. The zero-order valence-corrected chi connectivity index (χ0v) is 9.39. The fourth-order valence-electron chi connectivity index (χ4n) is 0.796. The molecule has 2 nitrogen and oxygen atoms in total. The van der Waals surface area contributed by atoms with Crippen LogP contribution in [0.3, 0.4) is 0 Å². The molecule has 1 aromatic rings. The predicted octanol–water partition coefficient (Wildman–Crippen LogP) is 3.90. The lowest BCUT2D eigenvalue weighted by atomic mass is 10.2. The van der Waals surface area contributed by atoms with Crippen LogP contribution in [0.2, 0.25) is 20.4 Å². The van der Waals surface area contributed by atoms with Crippen molar-refractivity contribution in [3.05, 3.63) is 25.9 Å². The summed E-state index contributed by atoms with van der Waals surface area (Å²) < 4.78 is 0. The van der Waals surface area contributed by atoms with Crippen LogP contribution in [0.25, 0.3) is 0 Å². The molecule has 0 unspecified atom stereocenters. The second-order valence-electron chi connectivity index (χ2n) is 2.25. The number of hydrogen-bond donors (Lipinski definition) is 0. The highest BCUT2D eigenvalue weighted by Gasteiger charge is 2.18. The molecule has 0 aliphatic rings. The van der Waals surface area contributed by atoms with E-state index >= 15 is 0 Å². The fourth-order valence-corrected chi connectivity index (χ4v) is 1.79. The first-order valence-electron chi connectivity index (χ1n) is 3.16. The summed E-state index contributed by atoms with van der Waals surface area (Å²) in [5.74, 6) is -0.304. The molecule has 70 valence electrons. The third kappa shape index (κ3) is 2.08. The molecule has 0 bridgehead atoms. The summed E-state index contributed by atoms with van der Waals surface area (Å²) in [6, 6.07) is 0. The maximum absolute atomic E-state index is 11.1. The Morgan fingerprint density at radius 2 is 1.46 bits per heavy atom. The number of ketones is 1. The summed E-state index contributed by atoms with van der Waals surface area (Å²) in [4.78, 5) is 14.7. The molecule has 1 rings (SSSR count). The number of hydrogen-bond acceptors (Lipinski definition) is 2. The molecule has 0 fully saturated rings. The molecule has 0 atom stereocenters. The van der Waals surface area contributed by atoms with E-state index in [1.165, 1.54) is 6.92 Å². The number of nitrogens with zero attached hydrogens (tertiary/aromatic N) is 1. The lowest BCUT2D eigenvalue weighted by molar-refractivity contribution is 0.101. The molecule has 0 N–H and O–H groups in total. The highest BCUT2D eigenvalue weighted by Crippen LogP contribution is 2.34. The highest BCUT2D eigenvalue weighted by molar-refractivity contribution is 6.48. The summed E-state index contributed by atoms with van der Waals surface area (Å²) in [7, 11) is 0. The zero-order valence-electron chi connectivity index (χ0n) is 6.37. The summed E-state index contributed by atoms with van der Waals surface area (Å²) in [5, 5.41) is 0.00895. The van der Waals surface area contributed by atoms with Crippen LogP contribution >= 0.6 is 46.4 Å². The number of carbonyl (C=O) groups excluding carboxylic acids is 1. The van der Waals surface area contributed by atoms with E-state index < -0.39 is 0 Å². The molecular weight excluding hydrogens is 256 g/mol. The number of Topliss-reactive ketones (excluding diaryl/α,β-unsaturated/α-hetero) is 1. The molecule has 1 aromatic heterocycles. The van der Waals surface area contributed by atoms with Gasteiger partial charge in [0.25, 0.3) is 0 Å². The Balaban J connectivity index is 3.56. The van der Waals surface area contributed by atoms with Crippen molar-refractivity contribution in [2.45, 2.75) is 6.92 Å². The van der Waals surface area contributed by atoms with Gasteiger partial charge in [0.05, 0.1) is 15.6 Å². The van der Waals surface area contributed by atoms with E-state index in [0.717, 1.165) is 0 Å². The van der Waals surface area contributed by atoms with Gasteiger partial charge in [-0.05, 0) is 6.92 Å². The predicted molar refractivity (Wildman–Crippen MR) is 54.3 cm³/mol. The zero-order chi connectivity index (χ0) is 10.2. The van der Waals surface area contributed by atoms with Gasteiger partial charge in [0.15, 0.2) is 5.78 Å². The Bertz CT molecular complexity index is 351. The van der Waals surface area contributed by atoms with Crippen molar-refractivity contribution in [1.82, 2.24) is 4.98 Å². The molecule has 1 heterocycles. The van der Waals surface area contributed by atoms with Gasteiger partial charge < -0.3 is 0 Å². The number of pyridine rings is 1. The average Bonchev–Trinajstić information content (AvgIpc) is 2.01. The van der Waals surface area contributed by atoms with Crippen LogP contribution in [0, 0.1) is 0 Å². The molecule has 6 heteroatoms. The van der Waals surface area contributed by atoms with Crippen LogP contribution in [-0.2, 0) is 0 Å². The number of rotatable bonds is 1. The van der Waals surface area contributed by atoms with Crippen LogP contribution in [0.1, 0.15) is 17.3 Å². The topological polar surface area (TPSA) is 30.0 Å². The second kappa shape index (κ2) is 4.01. The number of halogens is 4. The van der Waals surface area contributed by atoms with Crippen molar-refractivity contribution in [2.75, 3.05) is 0 Å². The summed E-state index contributed by atoms with van der Waals surface area (Å²) in [6.45, 7) is 1.32. The Labute approximate surface area is 94.8 Å². The second-order valence-corrected chi connectivity index (χ2v) is 3.72. The maximum Gasteiger partial charge on any atom is 0.163 e. The van der Waals surface area contributed by atoms with Crippen molar-refractivity contribution in [3.8, 4) is 0 Å². The molecule has 0 spiro atoms. The lowest BCUT2D eigenvalue weighted by Gasteiger charge is -2.05. The molecule has 13 heavy (non-hydrogen) atoms. The molecule has 0 aliphatic heterocycles. The van der Waals surface area contributed by atoms with Gasteiger partial charge in [0.2, 0.25) is 0 Å². The van der Waals surface area contributed by atoms with Gasteiger partial charge in [-0.25, -0.2) is 4.98 Å². The van der Waals surface area contributed by atoms with Gasteiger partial charge in [-0.2, -0.15) is 0 Å². The van der Waals surface area contributed by atoms with Gasteiger partial charge >= 0.3 is 0 Å². The van der Waals surface area contributed by atoms with E-state index in [-0.39, 0.29) is 31.7 Å². The van der Waals surface area contributed by atoms with Gasteiger partial charge in [0, 0.05) is 0 Å². The quantitative estimate of drug-likeness (QED) is 0.565. The van der Waals surface area contributed by atoms with Crippen LogP contribution in [-0.4, -0.2) is 10.8 Å². The highest BCUT2D eigenvalue weighted by atomic mass is 35.5. The molecular formula is C7H3Cl4NO. The molecule has 0 aromatic carbocycles. The first kappa shape index (κ1) is 11.1. The maximum atomic E-state index is 11.1.